The average Bonchev–Trinajstić information content (AvgIpc) is 2.26. The van der Waals surface area contributed by atoms with Crippen LogP contribution in [-0.4, -0.2) is 27.7 Å². The van der Waals surface area contributed by atoms with E-state index in [2.05, 4.69) is 10.0 Å². The van der Waals surface area contributed by atoms with E-state index in [9.17, 15) is 21.6 Å². The van der Waals surface area contributed by atoms with Gasteiger partial charge in [0.25, 0.3) is 0 Å². The molecule has 114 valence electrons. The number of alkyl halides is 3. The molecular formula is C12H17F3N2O2S. The molecule has 0 aliphatic carbocycles. The minimum atomic E-state index is -4.41. The lowest BCUT2D eigenvalue weighted by Gasteiger charge is -2.17. The van der Waals surface area contributed by atoms with E-state index in [4.69, 9.17) is 0 Å². The molecule has 0 saturated heterocycles. The minimum Gasteiger partial charge on any atom is -0.316 e. The maximum atomic E-state index is 12.2. The standard InChI is InChI=1S/C12H17F3N2O2S/c1-9(7-12(13,14)15)17-20(18,19)11-6-4-3-5-10(11)8-16-2/h3-6,9,16-17H,7-8H2,1-2H3. The van der Waals surface area contributed by atoms with Crippen LogP contribution >= 0.6 is 0 Å². The van der Waals surface area contributed by atoms with Gasteiger partial charge in [-0.15, -0.1) is 0 Å². The van der Waals surface area contributed by atoms with E-state index in [1.165, 1.54) is 19.1 Å². The van der Waals surface area contributed by atoms with Crippen LogP contribution < -0.4 is 10.0 Å². The van der Waals surface area contributed by atoms with Crippen LogP contribution in [0.5, 0.6) is 0 Å². The normalized spacial score (nSPS) is 14.2. The Morgan fingerprint density at radius 1 is 1.25 bits per heavy atom. The van der Waals surface area contributed by atoms with E-state index < -0.39 is 28.7 Å². The van der Waals surface area contributed by atoms with Crippen LogP contribution in [0.1, 0.15) is 18.9 Å². The first kappa shape index (κ1) is 16.9. The molecule has 0 spiro atoms. The number of sulfonamides is 1. The molecule has 4 nitrogen and oxygen atoms in total. The predicted molar refractivity (Wildman–Crippen MR) is 69.7 cm³/mol. The van der Waals surface area contributed by atoms with Crippen molar-refractivity contribution in [3.63, 3.8) is 0 Å². The van der Waals surface area contributed by atoms with Crippen molar-refractivity contribution >= 4 is 10.0 Å². The topological polar surface area (TPSA) is 58.2 Å². The third kappa shape index (κ3) is 5.10. The fourth-order valence-corrected chi connectivity index (χ4v) is 3.30. The van der Waals surface area contributed by atoms with Crippen molar-refractivity contribution in [3.8, 4) is 0 Å². The van der Waals surface area contributed by atoms with Gasteiger partial charge in [0.05, 0.1) is 11.3 Å². The lowest BCUT2D eigenvalue weighted by Crippen LogP contribution is -2.36. The van der Waals surface area contributed by atoms with Gasteiger partial charge in [0.1, 0.15) is 0 Å². The van der Waals surface area contributed by atoms with Crippen LogP contribution in [0.4, 0.5) is 13.2 Å². The smallest absolute Gasteiger partial charge is 0.316 e. The molecule has 0 bridgehead atoms. The first-order valence-corrected chi connectivity index (χ1v) is 7.45. The molecule has 2 N–H and O–H groups in total. The Kier molecular flexibility index (Phi) is 5.55. The summed E-state index contributed by atoms with van der Waals surface area (Å²) in [4.78, 5) is -0.0108. The zero-order valence-electron chi connectivity index (χ0n) is 11.2. The van der Waals surface area contributed by atoms with Crippen LogP contribution in [0.15, 0.2) is 29.2 Å². The minimum absolute atomic E-state index is 0.0108. The lowest BCUT2D eigenvalue weighted by molar-refractivity contribution is -0.137. The van der Waals surface area contributed by atoms with E-state index in [0.717, 1.165) is 0 Å². The second-order valence-corrected chi connectivity index (χ2v) is 6.16. The van der Waals surface area contributed by atoms with Gasteiger partial charge in [-0.05, 0) is 25.6 Å². The predicted octanol–water partition coefficient (Wildman–Crippen LogP) is 2.03. The molecule has 1 aromatic carbocycles. The van der Waals surface area contributed by atoms with Crippen molar-refractivity contribution in [1.29, 1.82) is 0 Å². The van der Waals surface area contributed by atoms with Crippen LogP contribution in [-0.2, 0) is 16.6 Å². The maximum absolute atomic E-state index is 12.2. The van der Waals surface area contributed by atoms with Crippen LogP contribution in [0.25, 0.3) is 0 Å². The first-order chi connectivity index (χ1) is 9.15. The summed E-state index contributed by atoms with van der Waals surface area (Å²) >= 11 is 0. The maximum Gasteiger partial charge on any atom is 0.390 e. The third-order valence-corrected chi connectivity index (χ3v) is 4.21. The molecule has 0 saturated carbocycles. The van der Waals surface area contributed by atoms with Crippen LogP contribution in [0.3, 0.4) is 0 Å². The summed E-state index contributed by atoms with van der Waals surface area (Å²) in [5.41, 5.74) is 0.502. The Morgan fingerprint density at radius 2 is 1.85 bits per heavy atom. The van der Waals surface area contributed by atoms with Crippen molar-refractivity contribution in [2.45, 2.75) is 37.0 Å². The summed E-state index contributed by atoms with van der Waals surface area (Å²) in [6, 6.07) is 4.96. The van der Waals surface area contributed by atoms with Crippen molar-refractivity contribution in [2.75, 3.05) is 7.05 Å². The summed E-state index contributed by atoms with van der Waals surface area (Å²) in [7, 11) is -2.32. The largest absolute Gasteiger partial charge is 0.390 e. The van der Waals surface area contributed by atoms with Gasteiger partial charge >= 0.3 is 6.18 Å². The number of rotatable bonds is 6. The Bertz CT molecular complexity index is 544. The van der Waals surface area contributed by atoms with Gasteiger partial charge in [0.2, 0.25) is 10.0 Å². The Morgan fingerprint density at radius 3 is 2.40 bits per heavy atom. The molecule has 1 rings (SSSR count). The fraction of sp³-hybridized carbons (Fsp3) is 0.500. The van der Waals surface area contributed by atoms with Crippen molar-refractivity contribution in [3.05, 3.63) is 29.8 Å². The molecule has 20 heavy (non-hydrogen) atoms. The summed E-state index contributed by atoms with van der Waals surface area (Å²) < 4.78 is 63.0. The summed E-state index contributed by atoms with van der Waals surface area (Å²) in [5, 5.41) is 2.82. The van der Waals surface area contributed by atoms with Crippen molar-refractivity contribution < 1.29 is 21.6 Å². The van der Waals surface area contributed by atoms with Gasteiger partial charge in [0, 0.05) is 12.6 Å². The van der Waals surface area contributed by atoms with Gasteiger partial charge in [0.15, 0.2) is 0 Å². The molecule has 0 aliphatic heterocycles. The molecule has 0 heterocycles. The average molecular weight is 310 g/mol. The Balaban J connectivity index is 2.94. The zero-order chi connectivity index (χ0) is 15.4. The van der Waals surface area contributed by atoms with E-state index in [1.807, 2.05) is 0 Å². The van der Waals surface area contributed by atoms with Gasteiger partial charge in [-0.2, -0.15) is 13.2 Å². The number of nitrogens with one attached hydrogen (secondary N) is 2. The van der Waals surface area contributed by atoms with E-state index in [0.29, 0.717) is 12.1 Å². The van der Waals surface area contributed by atoms with Gasteiger partial charge in [-0.3, -0.25) is 0 Å². The second-order valence-electron chi connectivity index (χ2n) is 4.48. The lowest BCUT2D eigenvalue weighted by atomic mass is 10.2. The van der Waals surface area contributed by atoms with Gasteiger partial charge in [-0.25, -0.2) is 13.1 Å². The Hall–Kier alpha value is -1.12. The molecule has 0 radical (unpaired) electrons. The quantitative estimate of drug-likeness (QED) is 0.845. The molecule has 0 aromatic heterocycles. The molecular weight excluding hydrogens is 293 g/mol. The van der Waals surface area contributed by atoms with Gasteiger partial charge in [-0.1, -0.05) is 18.2 Å². The molecule has 0 fully saturated rings. The van der Waals surface area contributed by atoms with E-state index in [1.54, 1.807) is 19.2 Å². The summed E-state index contributed by atoms with van der Waals surface area (Å²) in [6.45, 7) is 1.50. The Labute approximate surface area is 116 Å². The van der Waals surface area contributed by atoms with Gasteiger partial charge < -0.3 is 5.32 Å². The zero-order valence-corrected chi connectivity index (χ0v) is 12.0. The van der Waals surface area contributed by atoms with Crippen LogP contribution in [0, 0.1) is 0 Å². The van der Waals surface area contributed by atoms with Crippen molar-refractivity contribution in [2.24, 2.45) is 0 Å². The van der Waals surface area contributed by atoms with Crippen LogP contribution in [0.2, 0.25) is 0 Å². The second kappa shape index (κ2) is 6.55. The summed E-state index contributed by atoms with van der Waals surface area (Å²) in [5.74, 6) is 0. The number of hydrogen-bond donors (Lipinski definition) is 2. The number of halogens is 3. The highest BCUT2D eigenvalue weighted by Crippen LogP contribution is 2.23. The van der Waals surface area contributed by atoms with E-state index in [-0.39, 0.29) is 4.90 Å². The molecule has 1 aromatic rings. The van der Waals surface area contributed by atoms with Crippen molar-refractivity contribution in [1.82, 2.24) is 10.0 Å². The molecule has 0 amide bonds. The molecule has 1 unspecified atom stereocenters. The third-order valence-electron chi connectivity index (χ3n) is 2.52. The molecule has 0 aliphatic rings. The first-order valence-electron chi connectivity index (χ1n) is 5.97. The number of benzene rings is 1. The molecule has 1 atom stereocenters. The highest BCUT2D eigenvalue weighted by molar-refractivity contribution is 7.89. The SMILES string of the molecule is CNCc1ccccc1S(=O)(=O)NC(C)CC(F)(F)F. The summed E-state index contributed by atoms with van der Waals surface area (Å²) in [6.07, 6.45) is -5.62. The highest BCUT2D eigenvalue weighted by Gasteiger charge is 2.32. The fourth-order valence-electron chi connectivity index (χ4n) is 1.82. The number of hydrogen-bond acceptors (Lipinski definition) is 3. The highest BCUT2D eigenvalue weighted by atomic mass is 32.2. The monoisotopic (exact) mass is 310 g/mol. The molecule has 8 heteroatoms. The van der Waals surface area contributed by atoms with E-state index >= 15 is 0 Å².